The Morgan fingerprint density at radius 1 is 1.48 bits per heavy atom. The van der Waals surface area contributed by atoms with Gasteiger partial charge in [-0.15, -0.1) is 0 Å². The standard InChI is InChI=1S/C14H21NO5S/c1-14(6-3-7-20-10-14)15-21(17,18)12-4-5-13(19-2)11(8-12)9-16/h4-5,8,15-16H,3,6-7,9-10H2,1-2H3. The van der Waals surface area contributed by atoms with Crippen LogP contribution in [0.5, 0.6) is 5.75 Å². The summed E-state index contributed by atoms with van der Waals surface area (Å²) in [5.74, 6) is 0.462. The molecule has 2 N–H and O–H groups in total. The molecule has 0 aromatic heterocycles. The van der Waals surface area contributed by atoms with Gasteiger partial charge >= 0.3 is 0 Å². The predicted molar refractivity (Wildman–Crippen MR) is 77.7 cm³/mol. The van der Waals surface area contributed by atoms with Crippen molar-refractivity contribution in [3.05, 3.63) is 23.8 Å². The minimum Gasteiger partial charge on any atom is -0.496 e. The molecule has 0 saturated carbocycles. The van der Waals surface area contributed by atoms with Crippen LogP contribution in [-0.4, -0.2) is 39.4 Å². The molecule has 1 aliphatic heterocycles. The molecular weight excluding hydrogens is 294 g/mol. The molecule has 21 heavy (non-hydrogen) atoms. The smallest absolute Gasteiger partial charge is 0.241 e. The van der Waals surface area contributed by atoms with Crippen molar-refractivity contribution < 1.29 is 23.0 Å². The lowest BCUT2D eigenvalue weighted by Crippen LogP contribution is -2.51. The zero-order chi connectivity index (χ0) is 15.5. The highest BCUT2D eigenvalue weighted by Gasteiger charge is 2.33. The first-order valence-electron chi connectivity index (χ1n) is 6.80. The van der Waals surface area contributed by atoms with Gasteiger partial charge in [-0.25, -0.2) is 13.1 Å². The Morgan fingerprint density at radius 3 is 2.81 bits per heavy atom. The Bertz CT molecular complexity index is 593. The van der Waals surface area contributed by atoms with Crippen LogP contribution in [0.25, 0.3) is 0 Å². The summed E-state index contributed by atoms with van der Waals surface area (Å²) in [6, 6.07) is 4.43. The largest absolute Gasteiger partial charge is 0.496 e. The van der Waals surface area contributed by atoms with Crippen molar-refractivity contribution in [2.24, 2.45) is 0 Å². The van der Waals surface area contributed by atoms with Gasteiger partial charge in [0.25, 0.3) is 0 Å². The van der Waals surface area contributed by atoms with Crippen LogP contribution >= 0.6 is 0 Å². The third kappa shape index (κ3) is 3.74. The third-order valence-electron chi connectivity index (χ3n) is 3.55. The van der Waals surface area contributed by atoms with E-state index < -0.39 is 15.6 Å². The molecule has 0 aliphatic carbocycles. The summed E-state index contributed by atoms with van der Waals surface area (Å²) in [4.78, 5) is 0.110. The number of sulfonamides is 1. The highest BCUT2D eigenvalue weighted by atomic mass is 32.2. The zero-order valence-corrected chi connectivity index (χ0v) is 13.1. The second-order valence-electron chi connectivity index (χ2n) is 5.45. The topological polar surface area (TPSA) is 84.9 Å². The van der Waals surface area contributed by atoms with Crippen LogP contribution in [0, 0.1) is 0 Å². The number of ether oxygens (including phenoxy) is 2. The van der Waals surface area contributed by atoms with Gasteiger partial charge in [-0.2, -0.15) is 0 Å². The number of hydrogen-bond donors (Lipinski definition) is 2. The fraction of sp³-hybridized carbons (Fsp3) is 0.571. The van der Waals surface area contributed by atoms with Crippen molar-refractivity contribution in [3.8, 4) is 5.75 Å². The van der Waals surface area contributed by atoms with Crippen molar-refractivity contribution in [1.82, 2.24) is 4.72 Å². The average Bonchev–Trinajstić information content (AvgIpc) is 2.46. The van der Waals surface area contributed by atoms with E-state index in [1.54, 1.807) is 6.07 Å². The first-order chi connectivity index (χ1) is 9.90. The maximum absolute atomic E-state index is 12.5. The summed E-state index contributed by atoms with van der Waals surface area (Å²) in [6.45, 7) is 2.57. The van der Waals surface area contributed by atoms with E-state index in [9.17, 15) is 13.5 Å². The second-order valence-corrected chi connectivity index (χ2v) is 7.14. The van der Waals surface area contributed by atoms with Crippen molar-refractivity contribution in [3.63, 3.8) is 0 Å². The van der Waals surface area contributed by atoms with Crippen LogP contribution in [-0.2, 0) is 21.4 Å². The zero-order valence-electron chi connectivity index (χ0n) is 12.3. The highest BCUT2D eigenvalue weighted by molar-refractivity contribution is 7.89. The molecule has 1 aliphatic rings. The lowest BCUT2D eigenvalue weighted by Gasteiger charge is -2.33. The summed E-state index contributed by atoms with van der Waals surface area (Å²) < 4.78 is 38.1. The van der Waals surface area contributed by atoms with Crippen LogP contribution in [0.4, 0.5) is 0 Å². The van der Waals surface area contributed by atoms with Crippen molar-refractivity contribution in [1.29, 1.82) is 0 Å². The summed E-state index contributed by atoms with van der Waals surface area (Å²) in [6.07, 6.45) is 1.55. The summed E-state index contributed by atoms with van der Waals surface area (Å²) in [5.41, 5.74) is -0.165. The quantitative estimate of drug-likeness (QED) is 0.848. The van der Waals surface area contributed by atoms with Gasteiger partial charge in [0.05, 0.1) is 30.8 Å². The van der Waals surface area contributed by atoms with Gasteiger partial charge in [0.15, 0.2) is 0 Å². The summed E-state index contributed by atoms with van der Waals surface area (Å²) in [5, 5.41) is 9.30. The van der Waals surface area contributed by atoms with E-state index in [0.717, 1.165) is 12.8 Å². The molecule has 0 amide bonds. The van der Waals surface area contributed by atoms with Gasteiger partial charge in [0, 0.05) is 12.2 Å². The van der Waals surface area contributed by atoms with Gasteiger partial charge in [0.2, 0.25) is 10.0 Å². The van der Waals surface area contributed by atoms with Gasteiger partial charge in [-0.1, -0.05) is 0 Å². The fourth-order valence-corrected chi connectivity index (χ4v) is 3.92. The minimum absolute atomic E-state index is 0.110. The van der Waals surface area contributed by atoms with Crippen LogP contribution < -0.4 is 9.46 Å². The van der Waals surface area contributed by atoms with Crippen molar-refractivity contribution >= 4 is 10.0 Å². The minimum atomic E-state index is -3.67. The molecule has 0 bridgehead atoms. The summed E-state index contributed by atoms with van der Waals surface area (Å²) in [7, 11) is -2.20. The van der Waals surface area contributed by atoms with Gasteiger partial charge in [-0.3, -0.25) is 0 Å². The number of hydrogen-bond acceptors (Lipinski definition) is 5. The number of methoxy groups -OCH3 is 1. The molecule has 6 nitrogen and oxygen atoms in total. The maximum Gasteiger partial charge on any atom is 0.241 e. The highest BCUT2D eigenvalue weighted by Crippen LogP contribution is 2.25. The van der Waals surface area contributed by atoms with Crippen molar-refractivity contribution in [2.45, 2.75) is 36.8 Å². The van der Waals surface area contributed by atoms with E-state index in [2.05, 4.69) is 4.72 Å². The number of aliphatic hydroxyl groups is 1. The number of benzene rings is 1. The van der Waals surface area contributed by atoms with E-state index in [4.69, 9.17) is 9.47 Å². The van der Waals surface area contributed by atoms with Gasteiger partial charge < -0.3 is 14.6 Å². The van der Waals surface area contributed by atoms with E-state index in [1.807, 2.05) is 6.92 Å². The van der Waals surface area contributed by atoms with E-state index >= 15 is 0 Å². The number of nitrogens with one attached hydrogen (secondary N) is 1. The molecule has 7 heteroatoms. The Kier molecular flexibility index (Phi) is 4.88. The van der Waals surface area contributed by atoms with E-state index in [0.29, 0.717) is 24.5 Å². The molecule has 1 fully saturated rings. The Hall–Kier alpha value is -1.15. The Balaban J connectivity index is 2.27. The first-order valence-corrected chi connectivity index (χ1v) is 8.28. The fourth-order valence-electron chi connectivity index (χ4n) is 2.44. The van der Waals surface area contributed by atoms with Crippen LogP contribution in [0.1, 0.15) is 25.3 Å². The third-order valence-corrected chi connectivity index (χ3v) is 5.19. The Labute approximate surface area is 125 Å². The number of rotatable bonds is 5. The molecule has 1 atom stereocenters. The molecule has 1 heterocycles. The lowest BCUT2D eigenvalue weighted by atomic mass is 9.97. The average molecular weight is 315 g/mol. The van der Waals surface area contributed by atoms with E-state index in [1.165, 1.54) is 19.2 Å². The van der Waals surface area contributed by atoms with Crippen molar-refractivity contribution in [2.75, 3.05) is 20.3 Å². The lowest BCUT2D eigenvalue weighted by molar-refractivity contribution is 0.0386. The Morgan fingerprint density at radius 2 is 2.24 bits per heavy atom. The molecule has 1 unspecified atom stereocenters. The normalized spacial score (nSPS) is 23.0. The van der Waals surface area contributed by atoms with Crippen LogP contribution in [0.3, 0.4) is 0 Å². The SMILES string of the molecule is COc1ccc(S(=O)(=O)NC2(C)CCCOC2)cc1CO. The van der Waals surface area contributed by atoms with Gasteiger partial charge in [-0.05, 0) is 38.0 Å². The van der Waals surface area contributed by atoms with E-state index in [-0.39, 0.29) is 11.5 Å². The monoisotopic (exact) mass is 315 g/mol. The molecule has 2 rings (SSSR count). The molecular formula is C14H21NO5S. The predicted octanol–water partition coefficient (Wildman–Crippen LogP) is 1.03. The van der Waals surface area contributed by atoms with Crippen LogP contribution in [0.2, 0.25) is 0 Å². The molecule has 118 valence electrons. The molecule has 0 spiro atoms. The molecule has 1 aromatic rings. The maximum atomic E-state index is 12.5. The molecule has 0 radical (unpaired) electrons. The van der Waals surface area contributed by atoms with Crippen LogP contribution in [0.15, 0.2) is 23.1 Å². The molecule has 1 aromatic carbocycles. The molecule has 1 saturated heterocycles. The second kappa shape index (κ2) is 6.31. The number of aliphatic hydroxyl groups excluding tert-OH is 1. The summed E-state index contributed by atoms with van der Waals surface area (Å²) >= 11 is 0. The van der Waals surface area contributed by atoms with Gasteiger partial charge in [0.1, 0.15) is 5.75 Å². The first kappa shape index (κ1) is 16.2.